The molecule has 0 aromatic heterocycles. The van der Waals surface area contributed by atoms with Gasteiger partial charge in [-0.15, -0.1) is 0 Å². The predicted molar refractivity (Wildman–Crippen MR) is 121 cm³/mol. The number of primary amides is 1. The van der Waals surface area contributed by atoms with Crippen LogP contribution in [0.5, 0.6) is 0 Å². The maximum absolute atomic E-state index is 12.0. The number of methoxy groups -OCH3 is 1. The van der Waals surface area contributed by atoms with Crippen molar-refractivity contribution in [1.29, 1.82) is 0 Å². The maximum Gasteiger partial charge on any atom is 0.238 e. The Balaban J connectivity index is 1.92. The highest BCUT2D eigenvalue weighted by Gasteiger charge is 2.41. The molecular formula is C23H32N2O4S. The highest BCUT2D eigenvalue weighted by atomic mass is 32.2. The number of benzene rings is 1. The highest BCUT2D eigenvalue weighted by Crippen LogP contribution is 2.25. The minimum atomic E-state index is -3.57. The summed E-state index contributed by atoms with van der Waals surface area (Å²) in [6, 6.07) is 8.26. The Kier molecular flexibility index (Phi) is 8.65. The van der Waals surface area contributed by atoms with Gasteiger partial charge in [-0.2, -0.15) is 0 Å². The first-order chi connectivity index (χ1) is 14.2. The summed E-state index contributed by atoms with van der Waals surface area (Å²) in [7, 11) is -1.87. The van der Waals surface area contributed by atoms with Crippen LogP contribution in [0.3, 0.4) is 0 Å². The molecule has 2 rings (SSSR count). The van der Waals surface area contributed by atoms with Crippen LogP contribution in [0.1, 0.15) is 43.7 Å². The van der Waals surface area contributed by atoms with E-state index < -0.39 is 20.5 Å². The average molecular weight is 433 g/mol. The fourth-order valence-corrected chi connectivity index (χ4v) is 4.10. The summed E-state index contributed by atoms with van der Waals surface area (Å²) in [5, 5.41) is 0. The van der Waals surface area contributed by atoms with Crippen molar-refractivity contribution in [2.45, 2.75) is 37.4 Å². The monoisotopic (exact) mass is 432 g/mol. The van der Waals surface area contributed by atoms with Gasteiger partial charge in [-0.3, -0.25) is 9.69 Å². The fourth-order valence-electron chi connectivity index (χ4n) is 3.28. The van der Waals surface area contributed by atoms with Crippen molar-refractivity contribution in [3.63, 3.8) is 0 Å². The largest absolute Gasteiger partial charge is 0.385 e. The van der Waals surface area contributed by atoms with E-state index in [1.54, 1.807) is 7.11 Å². The molecule has 0 bridgehead atoms. The molecule has 0 fully saturated rings. The molecule has 1 aliphatic heterocycles. The number of rotatable bonds is 9. The average Bonchev–Trinajstić information content (AvgIpc) is 2.72. The second kappa shape index (κ2) is 10.8. The molecule has 0 saturated carbocycles. The second-order valence-corrected chi connectivity index (χ2v) is 10.3. The molecule has 0 saturated heterocycles. The van der Waals surface area contributed by atoms with Gasteiger partial charge in [0.15, 0.2) is 9.84 Å². The topological polar surface area (TPSA) is 89.7 Å². The molecule has 1 aromatic carbocycles. The Hall–Kier alpha value is -2.14. The van der Waals surface area contributed by atoms with Gasteiger partial charge in [0, 0.05) is 51.6 Å². The van der Waals surface area contributed by atoms with Gasteiger partial charge in [0.25, 0.3) is 0 Å². The summed E-state index contributed by atoms with van der Waals surface area (Å²) in [4.78, 5) is 13.9. The molecule has 1 aliphatic rings. The molecule has 1 aromatic rings. The molecule has 30 heavy (non-hydrogen) atoms. The normalized spacial score (nSPS) is 16.8. The quantitative estimate of drug-likeness (QED) is 0.477. The van der Waals surface area contributed by atoms with Crippen LogP contribution in [-0.2, 0) is 19.4 Å². The smallest absolute Gasteiger partial charge is 0.238 e. The summed E-state index contributed by atoms with van der Waals surface area (Å²) < 4.78 is 27.5. The van der Waals surface area contributed by atoms with Gasteiger partial charge in [0.1, 0.15) is 4.75 Å². The van der Waals surface area contributed by atoms with Crippen LogP contribution in [-0.4, -0.2) is 63.6 Å². The van der Waals surface area contributed by atoms with E-state index in [2.05, 4.69) is 34.9 Å². The number of ether oxygens (including phenoxy) is 1. The zero-order chi connectivity index (χ0) is 22.2. The summed E-state index contributed by atoms with van der Waals surface area (Å²) in [5.74, 6) is 5.54. The van der Waals surface area contributed by atoms with Crippen LogP contribution in [0.15, 0.2) is 30.3 Å². The standard InChI is InChI=1S/C23H32N2O4S/c1-23(22(24)26,30(3,27)28)14-17-25-15-12-21(13-16-25)20-10-8-19(9-11-20)7-5-4-6-18-29-2/h8-12H,4,6,13-18H2,1-3H3,(H2,24,26). The molecule has 7 heteroatoms. The number of hydrogen-bond acceptors (Lipinski definition) is 5. The van der Waals surface area contributed by atoms with Crippen molar-refractivity contribution in [3.05, 3.63) is 41.5 Å². The molecule has 1 heterocycles. The Bertz CT molecular complexity index is 926. The summed E-state index contributed by atoms with van der Waals surface area (Å²) in [6.45, 7) is 4.18. The SMILES string of the molecule is COCCCC#Cc1ccc(C2=CCN(CCC(C)(C(N)=O)S(C)(=O)=O)CC2)cc1. The number of carbonyl (C=O) groups is 1. The Labute approximate surface area is 180 Å². The van der Waals surface area contributed by atoms with E-state index in [1.807, 2.05) is 12.1 Å². The van der Waals surface area contributed by atoms with E-state index in [4.69, 9.17) is 10.5 Å². The number of nitrogens with two attached hydrogens (primary N) is 1. The predicted octanol–water partition coefficient (Wildman–Crippen LogP) is 2.23. The third-order valence-electron chi connectivity index (χ3n) is 5.68. The van der Waals surface area contributed by atoms with E-state index in [1.165, 1.54) is 18.1 Å². The van der Waals surface area contributed by atoms with Crippen LogP contribution in [0.4, 0.5) is 0 Å². The highest BCUT2D eigenvalue weighted by molar-refractivity contribution is 7.92. The summed E-state index contributed by atoms with van der Waals surface area (Å²) in [5.41, 5.74) is 8.82. The van der Waals surface area contributed by atoms with E-state index in [0.29, 0.717) is 6.54 Å². The van der Waals surface area contributed by atoms with Gasteiger partial charge in [0.2, 0.25) is 5.91 Å². The Morgan fingerprint density at radius 1 is 1.30 bits per heavy atom. The molecule has 0 aliphatic carbocycles. The first kappa shape index (κ1) is 24.1. The van der Waals surface area contributed by atoms with E-state index >= 15 is 0 Å². The van der Waals surface area contributed by atoms with E-state index in [0.717, 1.165) is 50.8 Å². The summed E-state index contributed by atoms with van der Waals surface area (Å²) in [6.07, 6.45) is 6.06. The lowest BCUT2D eigenvalue weighted by Gasteiger charge is -2.30. The maximum atomic E-state index is 12.0. The molecule has 2 N–H and O–H groups in total. The third kappa shape index (κ3) is 6.43. The molecular weight excluding hydrogens is 400 g/mol. The Morgan fingerprint density at radius 2 is 2.00 bits per heavy atom. The molecule has 164 valence electrons. The molecule has 0 radical (unpaired) electrons. The van der Waals surface area contributed by atoms with Gasteiger partial charge < -0.3 is 10.5 Å². The van der Waals surface area contributed by atoms with Crippen molar-refractivity contribution in [2.75, 3.05) is 39.6 Å². The first-order valence-electron chi connectivity index (χ1n) is 10.2. The molecule has 6 nitrogen and oxygen atoms in total. The number of nitrogens with zero attached hydrogens (tertiary/aromatic N) is 1. The zero-order valence-electron chi connectivity index (χ0n) is 18.1. The van der Waals surface area contributed by atoms with Gasteiger partial charge >= 0.3 is 0 Å². The van der Waals surface area contributed by atoms with E-state index in [-0.39, 0.29) is 6.42 Å². The van der Waals surface area contributed by atoms with Gasteiger partial charge in [-0.05, 0) is 49.5 Å². The number of sulfone groups is 1. The fraction of sp³-hybridized carbons (Fsp3) is 0.522. The lowest BCUT2D eigenvalue weighted by molar-refractivity contribution is -0.120. The van der Waals surface area contributed by atoms with E-state index in [9.17, 15) is 13.2 Å². The van der Waals surface area contributed by atoms with Crippen molar-refractivity contribution in [3.8, 4) is 11.8 Å². The molecule has 1 unspecified atom stereocenters. The van der Waals surface area contributed by atoms with Crippen LogP contribution in [0.2, 0.25) is 0 Å². The third-order valence-corrected chi connectivity index (χ3v) is 7.72. The zero-order valence-corrected chi connectivity index (χ0v) is 18.9. The van der Waals surface area contributed by atoms with Crippen LogP contribution in [0.25, 0.3) is 5.57 Å². The molecule has 0 spiro atoms. The van der Waals surface area contributed by atoms with Crippen molar-refractivity contribution in [2.24, 2.45) is 5.73 Å². The van der Waals surface area contributed by atoms with Gasteiger partial charge in [-0.1, -0.05) is 30.0 Å². The number of amides is 1. The number of hydrogen-bond donors (Lipinski definition) is 1. The van der Waals surface area contributed by atoms with Crippen LogP contribution < -0.4 is 5.73 Å². The summed E-state index contributed by atoms with van der Waals surface area (Å²) >= 11 is 0. The minimum Gasteiger partial charge on any atom is -0.385 e. The van der Waals surface area contributed by atoms with Crippen LogP contribution >= 0.6 is 0 Å². The van der Waals surface area contributed by atoms with Crippen LogP contribution in [0, 0.1) is 11.8 Å². The second-order valence-electron chi connectivity index (χ2n) is 7.87. The van der Waals surface area contributed by atoms with Gasteiger partial charge in [-0.25, -0.2) is 8.42 Å². The van der Waals surface area contributed by atoms with Crippen molar-refractivity contribution < 1.29 is 17.9 Å². The van der Waals surface area contributed by atoms with Crippen molar-refractivity contribution in [1.82, 2.24) is 4.90 Å². The lowest BCUT2D eigenvalue weighted by Crippen LogP contribution is -2.49. The van der Waals surface area contributed by atoms with Crippen molar-refractivity contribution >= 4 is 21.3 Å². The lowest BCUT2D eigenvalue weighted by atomic mass is 9.98. The van der Waals surface area contributed by atoms with Gasteiger partial charge in [0.05, 0.1) is 0 Å². The first-order valence-corrected chi connectivity index (χ1v) is 12.1. The minimum absolute atomic E-state index is 0.197. The number of unbranched alkanes of at least 4 members (excludes halogenated alkanes) is 1. The molecule has 1 atom stereocenters. The Morgan fingerprint density at radius 3 is 2.53 bits per heavy atom. The molecule has 1 amide bonds. The number of carbonyl (C=O) groups excluding carboxylic acids is 1.